The summed E-state index contributed by atoms with van der Waals surface area (Å²) in [4.78, 5) is 3.57. The van der Waals surface area contributed by atoms with Crippen LogP contribution in [-0.4, -0.2) is 4.98 Å². The van der Waals surface area contributed by atoms with Crippen LogP contribution in [-0.2, 0) is 6.54 Å². The number of anilines is 1. The number of rotatable bonds is 3. The van der Waals surface area contributed by atoms with Gasteiger partial charge in [0.25, 0.3) is 0 Å². The Morgan fingerprint density at radius 3 is 2.83 bits per heavy atom. The molecule has 3 nitrogen and oxygen atoms in total. The minimum Gasteiger partial charge on any atom is -0.459 e. The topological polar surface area (TPSA) is 38.1 Å². The van der Waals surface area contributed by atoms with E-state index >= 15 is 0 Å². The molecular formula is C14H11FN2O. The molecule has 2 aromatic heterocycles. The molecule has 0 fully saturated rings. The summed E-state index contributed by atoms with van der Waals surface area (Å²) < 4.78 is 18.3. The van der Waals surface area contributed by atoms with Crippen molar-refractivity contribution in [2.45, 2.75) is 6.54 Å². The predicted molar refractivity (Wildman–Crippen MR) is 67.7 cm³/mol. The highest BCUT2D eigenvalue weighted by molar-refractivity contribution is 5.77. The minimum absolute atomic E-state index is 0.482. The van der Waals surface area contributed by atoms with Crippen molar-refractivity contribution in [1.82, 2.24) is 4.98 Å². The summed E-state index contributed by atoms with van der Waals surface area (Å²) in [6.07, 6.45) is 1.46. The molecule has 1 N–H and O–H groups in total. The van der Waals surface area contributed by atoms with E-state index in [1.54, 1.807) is 6.07 Å². The van der Waals surface area contributed by atoms with Gasteiger partial charge in [0.05, 0.1) is 18.4 Å². The molecule has 3 rings (SSSR count). The first-order chi connectivity index (χ1) is 8.81. The quantitative estimate of drug-likeness (QED) is 0.713. The molecule has 2 heterocycles. The van der Waals surface area contributed by atoms with Crippen molar-refractivity contribution in [2.75, 3.05) is 5.32 Å². The maximum Gasteiger partial charge on any atom is 0.212 e. The number of nitrogens with one attached hydrogen (secondary N) is 1. The van der Waals surface area contributed by atoms with Crippen molar-refractivity contribution in [1.29, 1.82) is 0 Å². The van der Waals surface area contributed by atoms with Crippen LogP contribution in [0, 0.1) is 5.95 Å². The number of halogens is 1. The highest BCUT2D eigenvalue weighted by Crippen LogP contribution is 2.19. The number of fused-ring (bicyclic) bond motifs is 1. The Bertz CT molecular complexity index is 628. The lowest BCUT2D eigenvalue weighted by Gasteiger charge is -2.02. The van der Waals surface area contributed by atoms with E-state index in [-0.39, 0.29) is 0 Å². The van der Waals surface area contributed by atoms with Gasteiger partial charge in [-0.05, 0) is 24.3 Å². The molecule has 0 amide bonds. The monoisotopic (exact) mass is 242 g/mol. The van der Waals surface area contributed by atoms with Gasteiger partial charge in [0.2, 0.25) is 5.95 Å². The molecule has 3 aromatic rings. The molecule has 0 spiro atoms. The van der Waals surface area contributed by atoms with E-state index in [0.717, 1.165) is 22.4 Å². The van der Waals surface area contributed by atoms with E-state index in [0.29, 0.717) is 6.54 Å². The average molecular weight is 242 g/mol. The van der Waals surface area contributed by atoms with Gasteiger partial charge in [0.15, 0.2) is 0 Å². The first-order valence-corrected chi connectivity index (χ1v) is 5.64. The molecular weight excluding hydrogens is 231 g/mol. The van der Waals surface area contributed by atoms with E-state index in [9.17, 15) is 4.39 Å². The van der Waals surface area contributed by atoms with Gasteiger partial charge in [0.1, 0.15) is 11.3 Å². The second-order valence-corrected chi connectivity index (χ2v) is 3.97. The van der Waals surface area contributed by atoms with E-state index in [1.165, 1.54) is 12.3 Å². The molecule has 0 saturated heterocycles. The molecule has 0 aliphatic heterocycles. The fraction of sp³-hybridized carbons (Fsp3) is 0.0714. The summed E-state index contributed by atoms with van der Waals surface area (Å²) in [6, 6.07) is 12.8. The van der Waals surface area contributed by atoms with Gasteiger partial charge in [-0.1, -0.05) is 18.2 Å². The second kappa shape index (κ2) is 4.49. The summed E-state index contributed by atoms with van der Waals surface area (Å²) in [5.41, 5.74) is 1.63. The van der Waals surface area contributed by atoms with Gasteiger partial charge < -0.3 is 9.73 Å². The SMILES string of the molecule is Fc1ccc(NCc2cc3ccccc3o2)cn1. The zero-order chi connectivity index (χ0) is 12.4. The second-order valence-electron chi connectivity index (χ2n) is 3.97. The molecule has 1 aromatic carbocycles. The summed E-state index contributed by atoms with van der Waals surface area (Å²) in [7, 11) is 0. The van der Waals surface area contributed by atoms with Gasteiger partial charge in [-0.3, -0.25) is 0 Å². The third-order valence-electron chi connectivity index (χ3n) is 2.67. The lowest BCUT2D eigenvalue weighted by Crippen LogP contribution is -1.98. The Kier molecular flexibility index (Phi) is 2.68. The predicted octanol–water partition coefficient (Wildman–Crippen LogP) is 3.58. The molecule has 90 valence electrons. The Morgan fingerprint density at radius 1 is 1.17 bits per heavy atom. The molecule has 4 heteroatoms. The van der Waals surface area contributed by atoms with Crippen molar-refractivity contribution in [3.8, 4) is 0 Å². The number of benzene rings is 1. The van der Waals surface area contributed by atoms with Crippen LogP contribution in [0.2, 0.25) is 0 Å². The van der Waals surface area contributed by atoms with Crippen LogP contribution < -0.4 is 5.32 Å². The van der Waals surface area contributed by atoms with Crippen LogP contribution in [0.25, 0.3) is 11.0 Å². The van der Waals surface area contributed by atoms with E-state index in [4.69, 9.17) is 4.42 Å². The van der Waals surface area contributed by atoms with Gasteiger partial charge in [-0.25, -0.2) is 4.98 Å². The van der Waals surface area contributed by atoms with Crippen molar-refractivity contribution < 1.29 is 8.81 Å². The van der Waals surface area contributed by atoms with Crippen molar-refractivity contribution in [2.24, 2.45) is 0 Å². The molecule has 0 bridgehead atoms. The van der Waals surface area contributed by atoms with Crippen LogP contribution in [0.3, 0.4) is 0 Å². The van der Waals surface area contributed by atoms with Crippen molar-refractivity contribution >= 4 is 16.7 Å². The molecule has 0 aliphatic rings. The smallest absolute Gasteiger partial charge is 0.212 e. The van der Waals surface area contributed by atoms with Gasteiger partial charge >= 0.3 is 0 Å². The Morgan fingerprint density at radius 2 is 2.06 bits per heavy atom. The van der Waals surface area contributed by atoms with Crippen molar-refractivity contribution in [3.63, 3.8) is 0 Å². The standard InChI is InChI=1S/C14H11FN2O/c15-14-6-5-11(8-17-14)16-9-12-7-10-3-1-2-4-13(10)18-12/h1-8,16H,9H2. The van der Waals surface area contributed by atoms with Gasteiger partial charge in [0, 0.05) is 5.39 Å². The number of hydrogen-bond donors (Lipinski definition) is 1. The van der Waals surface area contributed by atoms with Crippen LogP contribution in [0.15, 0.2) is 53.1 Å². The highest BCUT2D eigenvalue weighted by Gasteiger charge is 2.02. The highest BCUT2D eigenvalue weighted by atomic mass is 19.1. The zero-order valence-electron chi connectivity index (χ0n) is 9.56. The fourth-order valence-electron chi connectivity index (χ4n) is 1.79. The third kappa shape index (κ3) is 2.18. The maximum atomic E-state index is 12.6. The molecule has 0 unspecified atom stereocenters. The number of furan rings is 1. The summed E-state index contributed by atoms with van der Waals surface area (Å²) in [6.45, 7) is 0.544. The minimum atomic E-state index is -0.482. The maximum absolute atomic E-state index is 12.6. The summed E-state index contributed by atoms with van der Waals surface area (Å²) in [5, 5.41) is 4.20. The Hall–Kier alpha value is -2.36. The van der Waals surface area contributed by atoms with E-state index in [2.05, 4.69) is 10.3 Å². The molecule has 18 heavy (non-hydrogen) atoms. The molecule has 0 saturated carbocycles. The number of para-hydroxylation sites is 1. The first kappa shape index (κ1) is 10.8. The normalized spacial score (nSPS) is 10.7. The average Bonchev–Trinajstić information content (AvgIpc) is 2.81. The van der Waals surface area contributed by atoms with Crippen molar-refractivity contribution in [3.05, 3.63) is 60.4 Å². The third-order valence-corrected chi connectivity index (χ3v) is 2.67. The number of pyridine rings is 1. The number of nitrogens with zero attached hydrogens (tertiary/aromatic N) is 1. The molecule has 0 aliphatic carbocycles. The largest absolute Gasteiger partial charge is 0.459 e. The lowest BCUT2D eigenvalue weighted by molar-refractivity contribution is 0.559. The summed E-state index contributed by atoms with van der Waals surface area (Å²) in [5.74, 6) is 0.352. The van der Waals surface area contributed by atoms with E-state index in [1.807, 2.05) is 30.3 Å². The fourth-order valence-corrected chi connectivity index (χ4v) is 1.79. The number of hydrogen-bond acceptors (Lipinski definition) is 3. The lowest BCUT2D eigenvalue weighted by atomic mass is 10.2. The first-order valence-electron chi connectivity index (χ1n) is 5.64. The van der Waals surface area contributed by atoms with E-state index < -0.39 is 5.95 Å². The van der Waals surface area contributed by atoms with Crippen LogP contribution in [0.1, 0.15) is 5.76 Å². The van der Waals surface area contributed by atoms with Crippen LogP contribution >= 0.6 is 0 Å². The molecule has 0 atom stereocenters. The van der Waals surface area contributed by atoms with Gasteiger partial charge in [-0.2, -0.15) is 4.39 Å². The zero-order valence-corrected chi connectivity index (χ0v) is 9.56. The van der Waals surface area contributed by atoms with Crippen LogP contribution in [0.5, 0.6) is 0 Å². The Balaban J connectivity index is 1.74. The Labute approximate surface area is 103 Å². The van der Waals surface area contributed by atoms with Gasteiger partial charge in [-0.15, -0.1) is 0 Å². The molecule has 0 radical (unpaired) electrons. The number of aromatic nitrogens is 1. The van der Waals surface area contributed by atoms with Crippen LogP contribution in [0.4, 0.5) is 10.1 Å². The summed E-state index contributed by atoms with van der Waals surface area (Å²) >= 11 is 0.